The van der Waals surface area contributed by atoms with Crippen molar-refractivity contribution < 1.29 is 13.6 Å². The van der Waals surface area contributed by atoms with Crippen LogP contribution in [0.5, 0.6) is 0 Å². The zero-order valence-electron chi connectivity index (χ0n) is 17.5. The molecule has 0 aliphatic heterocycles. The second-order valence-electron chi connectivity index (χ2n) is 7.80. The number of halogens is 1. The molecular weight excluding hydrogens is 417 g/mol. The molecule has 3 aromatic rings. The SMILES string of the molecule is Cc1occc1-c1nnc(SCC(=O)N(Cc2ccc(F)cc2)C2CCCCC2)n1N. The Morgan fingerprint density at radius 1 is 1.23 bits per heavy atom. The molecule has 2 aromatic heterocycles. The van der Waals surface area contributed by atoms with E-state index in [9.17, 15) is 9.18 Å². The van der Waals surface area contributed by atoms with E-state index in [-0.39, 0.29) is 23.5 Å². The first-order valence-electron chi connectivity index (χ1n) is 10.4. The molecule has 0 spiro atoms. The summed E-state index contributed by atoms with van der Waals surface area (Å²) in [5.74, 6) is 7.32. The number of hydrogen-bond acceptors (Lipinski definition) is 6. The maximum atomic E-state index is 13.3. The number of benzene rings is 1. The molecule has 1 fully saturated rings. The zero-order valence-corrected chi connectivity index (χ0v) is 18.3. The average Bonchev–Trinajstić information content (AvgIpc) is 3.37. The van der Waals surface area contributed by atoms with E-state index in [0.717, 1.165) is 36.8 Å². The molecule has 0 radical (unpaired) electrons. The van der Waals surface area contributed by atoms with E-state index < -0.39 is 0 Å². The molecule has 0 saturated heterocycles. The summed E-state index contributed by atoms with van der Waals surface area (Å²) in [6.07, 6.45) is 7.01. The summed E-state index contributed by atoms with van der Waals surface area (Å²) >= 11 is 1.27. The number of rotatable bonds is 7. The van der Waals surface area contributed by atoms with Gasteiger partial charge in [-0.2, -0.15) is 0 Å². The molecule has 1 aliphatic carbocycles. The predicted octanol–water partition coefficient (Wildman–Crippen LogP) is 4.15. The first kappa shape index (κ1) is 21.4. The molecular formula is C22H26FN5O2S. The number of amides is 1. The van der Waals surface area contributed by atoms with Gasteiger partial charge >= 0.3 is 0 Å². The number of carbonyl (C=O) groups is 1. The largest absolute Gasteiger partial charge is 0.469 e. The van der Waals surface area contributed by atoms with E-state index in [1.165, 1.54) is 35.0 Å². The van der Waals surface area contributed by atoms with Gasteiger partial charge in [-0.05, 0) is 43.5 Å². The smallest absolute Gasteiger partial charge is 0.233 e. The van der Waals surface area contributed by atoms with E-state index in [0.29, 0.717) is 23.3 Å². The van der Waals surface area contributed by atoms with Gasteiger partial charge < -0.3 is 15.2 Å². The van der Waals surface area contributed by atoms with Crippen LogP contribution in [0.4, 0.5) is 4.39 Å². The van der Waals surface area contributed by atoms with Gasteiger partial charge in [-0.1, -0.05) is 43.2 Å². The maximum absolute atomic E-state index is 13.3. The van der Waals surface area contributed by atoms with Crippen LogP contribution < -0.4 is 5.84 Å². The normalized spacial score (nSPS) is 14.6. The summed E-state index contributed by atoms with van der Waals surface area (Å²) in [5, 5.41) is 8.77. The highest BCUT2D eigenvalue weighted by molar-refractivity contribution is 7.99. The van der Waals surface area contributed by atoms with Gasteiger partial charge in [0.2, 0.25) is 11.1 Å². The molecule has 0 bridgehead atoms. The van der Waals surface area contributed by atoms with Crippen molar-refractivity contribution in [1.29, 1.82) is 0 Å². The van der Waals surface area contributed by atoms with Crippen molar-refractivity contribution in [3.05, 3.63) is 53.7 Å². The van der Waals surface area contributed by atoms with Crippen LogP contribution in [0.1, 0.15) is 43.4 Å². The third-order valence-corrected chi connectivity index (χ3v) is 6.62. The minimum atomic E-state index is -0.277. The second-order valence-corrected chi connectivity index (χ2v) is 8.74. The molecule has 2 N–H and O–H groups in total. The Morgan fingerprint density at radius 3 is 2.65 bits per heavy atom. The monoisotopic (exact) mass is 443 g/mol. The molecule has 0 unspecified atom stereocenters. The quantitative estimate of drug-likeness (QED) is 0.436. The molecule has 1 saturated carbocycles. The van der Waals surface area contributed by atoms with E-state index in [1.807, 2.05) is 11.8 Å². The van der Waals surface area contributed by atoms with Gasteiger partial charge in [0.25, 0.3) is 0 Å². The van der Waals surface area contributed by atoms with Crippen LogP contribution in [-0.4, -0.2) is 37.5 Å². The Labute approximate surface area is 184 Å². The fourth-order valence-corrected chi connectivity index (χ4v) is 4.73. The predicted molar refractivity (Wildman–Crippen MR) is 117 cm³/mol. The third-order valence-electron chi connectivity index (χ3n) is 5.69. The van der Waals surface area contributed by atoms with E-state index in [1.54, 1.807) is 24.5 Å². The topological polar surface area (TPSA) is 90.2 Å². The van der Waals surface area contributed by atoms with Crippen molar-refractivity contribution in [3.8, 4) is 11.4 Å². The maximum Gasteiger partial charge on any atom is 0.233 e. The van der Waals surface area contributed by atoms with Gasteiger partial charge in [-0.3, -0.25) is 4.79 Å². The zero-order chi connectivity index (χ0) is 21.8. The first-order chi connectivity index (χ1) is 15.0. The number of hydrogen-bond donors (Lipinski definition) is 1. The second kappa shape index (κ2) is 9.55. The third kappa shape index (κ3) is 4.92. The molecule has 1 aromatic carbocycles. The van der Waals surface area contributed by atoms with Gasteiger partial charge in [0.15, 0.2) is 5.82 Å². The summed E-state index contributed by atoms with van der Waals surface area (Å²) in [4.78, 5) is 15.1. The molecule has 4 rings (SSSR count). The summed E-state index contributed by atoms with van der Waals surface area (Å²) in [6.45, 7) is 2.30. The minimum absolute atomic E-state index is 0.0188. The van der Waals surface area contributed by atoms with Crippen LogP contribution in [0.3, 0.4) is 0 Å². The van der Waals surface area contributed by atoms with Crippen LogP contribution in [0.2, 0.25) is 0 Å². The van der Waals surface area contributed by atoms with Crippen molar-refractivity contribution in [2.45, 2.75) is 56.8 Å². The Morgan fingerprint density at radius 2 is 1.97 bits per heavy atom. The highest BCUT2D eigenvalue weighted by Crippen LogP contribution is 2.28. The number of aryl methyl sites for hydroxylation is 1. The van der Waals surface area contributed by atoms with Gasteiger partial charge in [0, 0.05) is 12.6 Å². The Kier molecular flexibility index (Phi) is 6.60. The van der Waals surface area contributed by atoms with E-state index >= 15 is 0 Å². The van der Waals surface area contributed by atoms with Crippen LogP contribution >= 0.6 is 11.8 Å². The summed E-state index contributed by atoms with van der Waals surface area (Å²) < 4.78 is 20.0. The minimum Gasteiger partial charge on any atom is -0.469 e. The molecule has 164 valence electrons. The molecule has 1 aliphatic rings. The number of nitrogen functional groups attached to an aromatic ring is 1. The number of nitrogens with two attached hydrogens (primary N) is 1. The van der Waals surface area contributed by atoms with Crippen LogP contribution in [0.15, 0.2) is 46.2 Å². The highest BCUT2D eigenvalue weighted by atomic mass is 32.2. The van der Waals surface area contributed by atoms with Crippen molar-refractivity contribution in [3.63, 3.8) is 0 Å². The van der Waals surface area contributed by atoms with Crippen molar-refractivity contribution in [1.82, 2.24) is 19.8 Å². The fraction of sp³-hybridized carbons (Fsp3) is 0.409. The van der Waals surface area contributed by atoms with Crippen molar-refractivity contribution >= 4 is 17.7 Å². The lowest BCUT2D eigenvalue weighted by Crippen LogP contribution is -2.42. The molecule has 2 heterocycles. The van der Waals surface area contributed by atoms with Crippen LogP contribution in [-0.2, 0) is 11.3 Å². The van der Waals surface area contributed by atoms with Crippen molar-refractivity contribution in [2.24, 2.45) is 0 Å². The van der Waals surface area contributed by atoms with E-state index in [4.69, 9.17) is 10.3 Å². The van der Waals surface area contributed by atoms with Gasteiger partial charge in [-0.25, -0.2) is 9.07 Å². The lowest BCUT2D eigenvalue weighted by Gasteiger charge is -2.34. The van der Waals surface area contributed by atoms with Gasteiger partial charge in [0.05, 0.1) is 17.6 Å². The number of nitrogens with zero attached hydrogens (tertiary/aromatic N) is 4. The number of thioether (sulfide) groups is 1. The molecule has 31 heavy (non-hydrogen) atoms. The van der Waals surface area contributed by atoms with Crippen LogP contribution in [0.25, 0.3) is 11.4 Å². The lowest BCUT2D eigenvalue weighted by molar-refractivity contribution is -0.132. The van der Waals surface area contributed by atoms with Crippen molar-refractivity contribution in [2.75, 3.05) is 11.6 Å². The molecule has 7 nitrogen and oxygen atoms in total. The first-order valence-corrected chi connectivity index (χ1v) is 11.4. The molecule has 0 atom stereocenters. The summed E-state index contributed by atoms with van der Waals surface area (Å²) in [6, 6.07) is 8.33. The Balaban J connectivity index is 1.46. The number of carbonyl (C=O) groups excluding carboxylic acids is 1. The highest BCUT2D eigenvalue weighted by Gasteiger charge is 2.26. The average molecular weight is 444 g/mol. The standard InChI is InChI=1S/C22H26FN5O2S/c1-15-19(11-12-30-15)21-25-26-22(28(21)24)31-14-20(29)27(18-5-3-2-4-6-18)13-16-7-9-17(23)10-8-16/h7-12,18H,2-6,13-14,24H2,1H3. The molecule has 1 amide bonds. The fourth-order valence-electron chi connectivity index (χ4n) is 3.99. The van der Waals surface area contributed by atoms with E-state index in [2.05, 4.69) is 10.2 Å². The van der Waals surface area contributed by atoms with Gasteiger partial charge in [0.1, 0.15) is 11.6 Å². The van der Waals surface area contributed by atoms with Crippen LogP contribution in [0, 0.1) is 12.7 Å². The Bertz CT molecular complexity index is 1030. The summed E-state index contributed by atoms with van der Waals surface area (Å²) in [7, 11) is 0. The number of furan rings is 1. The molecule has 9 heteroatoms. The Hall–Kier alpha value is -2.81. The number of aromatic nitrogens is 3. The van der Waals surface area contributed by atoms with Gasteiger partial charge in [-0.15, -0.1) is 10.2 Å². The summed E-state index contributed by atoms with van der Waals surface area (Å²) in [5.41, 5.74) is 1.69. The lowest BCUT2D eigenvalue weighted by atomic mass is 9.94.